The van der Waals surface area contributed by atoms with Crippen molar-refractivity contribution in [2.45, 2.75) is 32.4 Å². The van der Waals surface area contributed by atoms with Crippen molar-refractivity contribution in [2.75, 3.05) is 0 Å². The van der Waals surface area contributed by atoms with E-state index in [9.17, 15) is 27.6 Å². The van der Waals surface area contributed by atoms with Gasteiger partial charge in [0.1, 0.15) is 17.5 Å². The zero-order valence-corrected chi connectivity index (χ0v) is 20.8. The van der Waals surface area contributed by atoms with Crippen LogP contribution in [0.5, 0.6) is 0 Å². The second-order valence-electron chi connectivity index (χ2n) is 9.39. The van der Waals surface area contributed by atoms with Gasteiger partial charge in [-0.3, -0.25) is 19.5 Å². The molecule has 1 atom stereocenters. The Morgan fingerprint density at radius 1 is 1.03 bits per heavy atom. The topological polar surface area (TPSA) is 104 Å². The van der Waals surface area contributed by atoms with Gasteiger partial charge in [-0.25, -0.2) is 13.2 Å². The lowest BCUT2D eigenvalue weighted by molar-refractivity contribution is -0.121. The highest BCUT2D eigenvalue weighted by atomic mass is 19.1. The molecule has 4 aromatic rings. The van der Waals surface area contributed by atoms with Crippen molar-refractivity contribution in [3.05, 3.63) is 112 Å². The maximum absolute atomic E-state index is 14.7. The van der Waals surface area contributed by atoms with E-state index in [2.05, 4.69) is 20.8 Å². The van der Waals surface area contributed by atoms with Gasteiger partial charge in [-0.1, -0.05) is 23.8 Å². The molecule has 3 N–H and O–H groups in total. The van der Waals surface area contributed by atoms with Gasteiger partial charge in [0, 0.05) is 35.9 Å². The molecule has 0 fully saturated rings. The predicted octanol–water partition coefficient (Wildman–Crippen LogP) is 4.60. The molecular weight excluding hydrogens is 509 g/mol. The van der Waals surface area contributed by atoms with Gasteiger partial charge >= 0.3 is 0 Å². The van der Waals surface area contributed by atoms with Gasteiger partial charge in [-0.05, 0) is 54.4 Å². The van der Waals surface area contributed by atoms with Crippen molar-refractivity contribution in [1.29, 1.82) is 0 Å². The van der Waals surface area contributed by atoms with Crippen molar-refractivity contribution in [3.63, 3.8) is 0 Å². The smallest absolute Gasteiger partial charge is 0.254 e. The van der Waals surface area contributed by atoms with Gasteiger partial charge in [0.2, 0.25) is 5.91 Å². The molecule has 198 valence electrons. The minimum atomic E-state index is -0.910. The number of fused-ring (bicyclic) bond motifs is 1. The third-order valence-electron chi connectivity index (χ3n) is 6.70. The van der Waals surface area contributed by atoms with Gasteiger partial charge in [-0.2, -0.15) is 5.10 Å². The lowest BCUT2D eigenvalue weighted by Crippen LogP contribution is -2.37. The highest BCUT2D eigenvalue weighted by Gasteiger charge is 2.32. The largest absolute Gasteiger partial charge is 0.348 e. The molecule has 2 heterocycles. The number of H-pyrrole nitrogens is 1. The number of Topliss-reactive ketones (excluding diaryl/α,β-unsaturated/α-hetero) is 1. The van der Waals surface area contributed by atoms with E-state index in [-0.39, 0.29) is 35.7 Å². The molecule has 0 spiro atoms. The molecule has 0 saturated heterocycles. The molecule has 1 aliphatic rings. The minimum absolute atomic E-state index is 0.0288. The molecule has 5 rings (SSSR count). The number of rotatable bonds is 7. The number of hydrogen-bond acceptors (Lipinski definition) is 4. The summed E-state index contributed by atoms with van der Waals surface area (Å²) in [6.07, 6.45) is 1.74. The maximum Gasteiger partial charge on any atom is 0.254 e. The van der Waals surface area contributed by atoms with Crippen LogP contribution in [-0.2, 0) is 22.6 Å². The molecule has 0 saturated carbocycles. The fraction of sp³-hybridized carbons (Fsp3) is 0.172. The van der Waals surface area contributed by atoms with E-state index in [0.29, 0.717) is 16.7 Å². The van der Waals surface area contributed by atoms with Gasteiger partial charge in [0.15, 0.2) is 5.78 Å². The Morgan fingerprint density at radius 2 is 1.79 bits per heavy atom. The van der Waals surface area contributed by atoms with Crippen molar-refractivity contribution < 1.29 is 27.6 Å². The van der Waals surface area contributed by atoms with Crippen LogP contribution in [0.1, 0.15) is 46.4 Å². The second kappa shape index (κ2) is 10.6. The number of halogens is 3. The zero-order valence-electron chi connectivity index (χ0n) is 20.8. The fourth-order valence-corrected chi connectivity index (χ4v) is 4.76. The normalized spacial score (nSPS) is 15.4. The maximum atomic E-state index is 14.7. The molecule has 0 aliphatic carbocycles. The van der Waals surface area contributed by atoms with Crippen molar-refractivity contribution in [3.8, 4) is 0 Å². The average molecular weight is 533 g/mol. The monoisotopic (exact) mass is 532 g/mol. The summed E-state index contributed by atoms with van der Waals surface area (Å²) < 4.78 is 42.6. The fourth-order valence-electron chi connectivity index (χ4n) is 4.76. The van der Waals surface area contributed by atoms with Crippen LogP contribution in [0.2, 0.25) is 0 Å². The third kappa shape index (κ3) is 5.31. The first-order valence-corrected chi connectivity index (χ1v) is 12.2. The quantitative estimate of drug-likeness (QED) is 0.324. The summed E-state index contributed by atoms with van der Waals surface area (Å²) in [6, 6.07) is 11.5. The molecule has 1 aromatic heterocycles. The molecule has 3 aromatic carbocycles. The Morgan fingerprint density at radius 3 is 2.56 bits per heavy atom. The van der Waals surface area contributed by atoms with Crippen LogP contribution in [0.4, 0.5) is 13.2 Å². The Bertz CT molecular complexity index is 1640. The lowest BCUT2D eigenvalue weighted by Gasteiger charge is -2.28. The summed E-state index contributed by atoms with van der Waals surface area (Å²) in [5.41, 5.74) is 2.08. The highest BCUT2D eigenvalue weighted by molar-refractivity contribution is 6.02. The van der Waals surface area contributed by atoms with E-state index in [1.54, 1.807) is 13.1 Å². The van der Waals surface area contributed by atoms with E-state index in [4.69, 9.17) is 0 Å². The van der Waals surface area contributed by atoms with Crippen LogP contribution in [-0.4, -0.2) is 27.8 Å². The Balaban J connectivity index is 1.41. The van der Waals surface area contributed by atoms with Crippen LogP contribution >= 0.6 is 0 Å². The number of carbonyl (C=O) groups excluding carboxylic acids is 3. The molecule has 1 aliphatic heterocycles. The lowest BCUT2D eigenvalue weighted by atomic mass is 9.85. The molecule has 39 heavy (non-hydrogen) atoms. The van der Waals surface area contributed by atoms with Crippen molar-refractivity contribution in [1.82, 2.24) is 20.8 Å². The molecule has 0 bridgehead atoms. The highest BCUT2D eigenvalue weighted by Crippen LogP contribution is 2.32. The summed E-state index contributed by atoms with van der Waals surface area (Å²) in [4.78, 5) is 38.7. The van der Waals surface area contributed by atoms with E-state index >= 15 is 0 Å². The van der Waals surface area contributed by atoms with E-state index < -0.39 is 35.9 Å². The number of aromatic nitrogens is 2. The van der Waals surface area contributed by atoms with Crippen molar-refractivity contribution >= 4 is 28.5 Å². The minimum Gasteiger partial charge on any atom is -0.348 e. The molecule has 10 heteroatoms. The number of hydrogen-bond donors (Lipinski definition) is 3. The van der Waals surface area contributed by atoms with Gasteiger partial charge in [0.05, 0.1) is 23.3 Å². The zero-order chi connectivity index (χ0) is 27.7. The summed E-state index contributed by atoms with van der Waals surface area (Å²) in [7, 11) is 0. The molecule has 0 radical (unpaired) electrons. The van der Waals surface area contributed by atoms with Crippen LogP contribution in [0.25, 0.3) is 10.9 Å². The third-order valence-corrected chi connectivity index (χ3v) is 6.70. The number of amides is 2. The number of nitrogens with one attached hydrogen (secondary N) is 3. The standard InChI is InChI=1S/C29H23F3N4O3/c1-15-9-26(38)35-28(27(15)25(37)11-16-5-8-24-18(10-16)13-34-36-24)17-6-7-23(32)19(12-17)29(39)33-14-20-21(30)3-2-4-22(20)31/h2-8,10,12-13,28H,9,11,14H2,1H3,(H,33,39)(H,34,36)(H,35,38). The summed E-state index contributed by atoms with van der Waals surface area (Å²) in [5, 5.41) is 12.8. The van der Waals surface area contributed by atoms with Crippen LogP contribution in [0.15, 0.2) is 71.9 Å². The average Bonchev–Trinajstić information content (AvgIpc) is 3.36. The molecule has 1 unspecified atom stereocenters. The molecular formula is C29H23F3N4O3. The Labute approximate surface area is 221 Å². The van der Waals surface area contributed by atoms with Crippen molar-refractivity contribution in [2.24, 2.45) is 0 Å². The van der Waals surface area contributed by atoms with E-state index in [1.807, 2.05) is 18.2 Å². The molecule has 2 amide bonds. The number of benzene rings is 3. The van der Waals surface area contributed by atoms with E-state index in [1.165, 1.54) is 18.2 Å². The second-order valence-corrected chi connectivity index (χ2v) is 9.39. The number of aromatic amines is 1. The van der Waals surface area contributed by atoms with Crippen LogP contribution < -0.4 is 10.6 Å². The Kier molecular flexibility index (Phi) is 7.02. The number of ketones is 1. The van der Waals surface area contributed by atoms with Gasteiger partial charge in [-0.15, -0.1) is 0 Å². The number of carbonyl (C=O) groups is 3. The van der Waals surface area contributed by atoms with Crippen LogP contribution in [0, 0.1) is 17.5 Å². The SMILES string of the molecule is CC1=C(C(=O)Cc2ccc3[nH]ncc3c2)C(c2ccc(F)c(C(=O)NCc3c(F)cccc3F)c2)NC(=O)C1. The van der Waals surface area contributed by atoms with Gasteiger partial charge in [0.25, 0.3) is 5.91 Å². The summed E-state index contributed by atoms with van der Waals surface area (Å²) in [6.45, 7) is 1.20. The summed E-state index contributed by atoms with van der Waals surface area (Å²) >= 11 is 0. The van der Waals surface area contributed by atoms with Gasteiger partial charge < -0.3 is 10.6 Å². The predicted molar refractivity (Wildman–Crippen MR) is 137 cm³/mol. The van der Waals surface area contributed by atoms with E-state index in [0.717, 1.165) is 34.7 Å². The first-order valence-electron chi connectivity index (χ1n) is 12.2. The summed E-state index contributed by atoms with van der Waals surface area (Å²) in [5.74, 6) is -4.00. The Hall–Kier alpha value is -4.73. The van der Waals surface area contributed by atoms with Crippen LogP contribution in [0.3, 0.4) is 0 Å². The first kappa shape index (κ1) is 25.9. The molecule has 7 nitrogen and oxygen atoms in total. The number of nitrogens with zero attached hydrogens (tertiary/aromatic N) is 1. The first-order chi connectivity index (χ1) is 18.7.